The van der Waals surface area contributed by atoms with E-state index in [1.165, 1.54) is 12.1 Å². The van der Waals surface area contributed by atoms with E-state index in [0.29, 0.717) is 17.7 Å². The summed E-state index contributed by atoms with van der Waals surface area (Å²) in [6.07, 6.45) is 4.24. The van der Waals surface area contributed by atoms with E-state index in [9.17, 15) is 22.0 Å². The fourth-order valence-corrected chi connectivity index (χ4v) is 3.14. The van der Waals surface area contributed by atoms with Crippen molar-refractivity contribution in [2.24, 2.45) is 0 Å². The lowest BCUT2D eigenvalue weighted by atomic mass is 9.97. The molecule has 0 unspecified atom stereocenters. The maximum atomic E-state index is 14.6. The lowest BCUT2D eigenvalue weighted by Gasteiger charge is -2.10. The van der Waals surface area contributed by atoms with Crippen LogP contribution in [0.25, 0.3) is 22.3 Å². The molecule has 0 atom stereocenters. The summed E-state index contributed by atoms with van der Waals surface area (Å²) in [5.41, 5.74) is 1.05. The number of hydrogen-bond donors (Lipinski definition) is 0. The zero-order chi connectivity index (χ0) is 20.3. The summed E-state index contributed by atoms with van der Waals surface area (Å²) in [7, 11) is 0. The van der Waals surface area contributed by atoms with Crippen molar-refractivity contribution in [3.05, 3.63) is 83.2 Å². The molecule has 3 rings (SSSR count). The van der Waals surface area contributed by atoms with Gasteiger partial charge in [0.25, 0.3) is 0 Å². The molecule has 0 N–H and O–H groups in total. The molecule has 0 radical (unpaired) electrons. The Kier molecular flexibility index (Phi) is 6.12. The minimum atomic E-state index is -1.65. The van der Waals surface area contributed by atoms with E-state index in [-0.39, 0.29) is 16.7 Å². The van der Waals surface area contributed by atoms with Crippen LogP contribution in [-0.4, -0.2) is 0 Å². The molecule has 0 fully saturated rings. The SMILES string of the molecule is CCCCCc1ccc(-c2ccc(-c3cc(F)c(F)c(F)c3)c(F)c2F)cc1. The van der Waals surface area contributed by atoms with Gasteiger partial charge in [0.1, 0.15) is 0 Å². The zero-order valence-corrected chi connectivity index (χ0v) is 15.3. The maximum Gasteiger partial charge on any atom is 0.194 e. The van der Waals surface area contributed by atoms with E-state index in [1.807, 2.05) is 12.1 Å². The first-order chi connectivity index (χ1) is 13.4. The van der Waals surface area contributed by atoms with Crippen LogP contribution < -0.4 is 0 Å². The second kappa shape index (κ2) is 8.55. The third kappa shape index (κ3) is 4.08. The summed E-state index contributed by atoms with van der Waals surface area (Å²) < 4.78 is 69.1. The van der Waals surface area contributed by atoms with Crippen LogP contribution in [0.2, 0.25) is 0 Å². The van der Waals surface area contributed by atoms with Gasteiger partial charge in [-0.3, -0.25) is 0 Å². The van der Waals surface area contributed by atoms with Crippen molar-refractivity contribution in [1.82, 2.24) is 0 Å². The van der Waals surface area contributed by atoms with Crippen molar-refractivity contribution in [1.29, 1.82) is 0 Å². The predicted molar refractivity (Wildman–Crippen MR) is 100 cm³/mol. The highest BCUT2D eigenvalue weighted by molar-refractivity contribution is 5.72. The van der Waals surface area contributed by atoms with Gasteiger partial charge in [-0.05, 0) is 41.7 Å². The van der Waals surface area contributed by atoms with E-state index >= 15 is 0 Å². The van der Waals surface area contributed by atoms with Crippen LogP contribution in [0.5, 0.6) is 0 Å². The Bertz CT molecular complexity index is 954. The predicted octanol–water partition coefficient (Wildman–Crippen LogP) is 7.45. The Morgan fingerprint density at radius 3 is 1.68 bits per heavy atom. The number of halogens is 5. The number of benzene rings is 3. The number of rotatable bonds is 6. The smallest absolute Gasteiger partial charge is 0.194 e. The average molecular weight is 390 g/mol. The Hall–Kier alpha value is -2.69. The minimum Gasteiger partial charge on any atom is -0.204 e. The normalized spacial score (nSPS) is 11.1. The van der Waals surface area contributed by atoms with Crippen LogP contribution in [0.1, 0.15) is 31.7 Å². The molecule has 0 heterocycles. The van der Waals surface area contributed by atoms with Crippen molar-refractivity contribution in [2.75, 3.05) is 0 Å². The second-order valence-electron chi connectivity index (χ2n) is 6.70. The molecule has 0 aliphatic rings. The Morgan fingerprint density at radius 2 is 1.14 bits per heavy atom. The molecule has 146 valence electrons. The van der Waals surface area contributed by atoms with Crippen LogP contribution in [0.4, 0.5) is 22.0 Å². The second-order valence-corrected chi connectivity index (χ2v) is 6.70. The molecule has 0 aliphatic heterocycles. The molecular formula is C23H19F5. The first kappa shape index (κ1) is 20.1. The average Bonchev–Trinajstić information content (AvgIpc) is 2.69. The maximum absolute atomic E-state index is 14.6. The number of unbranched alkanes of at least 4 members (excludes halogenated alkanes) is 2. The third-order valence-electron chi connectivity index (χ3n) is 4.71. The Morgan fingerprint density at radius 1 is 0.607 bits per heavy atom. The summed E-state index contributed by atoms with van der Waals surface area (Å²) in [4.78, 5) is 0. The summed E-state index contributed by atoms with van der Waals surface area (Å²) >= 11 is 0. The standard InChI is InChI=1S/C23H19F5/c1-2-3-4-5-14-6-8-15(9-7-14)17-10-11-18(22(27)21(17)26)16-12-19(24)23(28)20(25)13-16/h6-13H,2-5H2,1H3. The van der Waals surface area contributed by atoms with Gasteiger partial charge in [0, 0.05) is 11.1 Å². The first-order valence-electron chi connectivity index (χ1n) is 9.14. The van der Waals surface area contributed by atoms with Crippen LogP contribution in [0.15, 0.2) is 48.5 Å². The van der Waals surface area contributed by atoms with Crippen molar-refractivity contribution in [3.8, 4) is 22.3 Å². The third-order valence-corrected chi connectivity index (χ3v) is 4.71. The Labute approximate surface area is 160 Å². The lowest BCUT2D eigenvalue weighted by Crippen LogP contribution is -1.97. The fraction of sp³-hybridized carbons (Fsp3) is 0.217. The van der Waals surface area contributed by atoms with Gasteiger partial charge < -0.3 is 0 Å². The monoisotopic (exact) mass is 390 g/mol. The summed E-state index contributed by atoms with van der Waals surface area (Å²) in [5.74, 6) is -6.94. The molecule has 0 amide bonds. The molecule has 0 saturated heterocycles. The van der Waals surface area contributed by atoms with Gasteiger partial charge in [0.15, 0.2) is 29.1 Å². The van der Waals surface area contributed by atoms with E-state index in [1.54, 1.807) is 12.1 Å². The molecule has 28 heavy (non-hydrogen) atoms. The van der Waals surface area contributed by atoms with E-state index in [2.05, 4.69) is 6.92 Å². The van der Waals surface area contributed by atoms with Crippen LogP contribution in [-0.2, 0) is 6.42 Å². The molecule has 3 aromatic carbocycles. The fourth-order valence-electron chi connectivity index (χ4n) is 3.14. The van der Waals surface area contributed by atoms with E-state index in [0.717, 1.165) is 31.2 Å². The molecule has 5 heteroatoms. The van der Waals surface area contributed by atoms with Gasteiger partial charge in [-0.2, -0.15) is 0 Å². The minimum absolute atomic E-state index is 0.0458. The van der Waals surface area contributed by atoms with Crippen molar-refractivity contribution in [2.45, 2.75) is 32.6 Å². The summed E-state index contributed by atoms with van der Waals surface area (Å²) in [6.45, 7) is 2.12. The lowest BCUT2D eigenvalue weighted by molar-refractivity contribution is 0.447. The molecule has 0 aromatic heterocycles. The highest BCUT2D eigenvalue weighted by Crippen LogP contribution is 2.32. The number of hydrogen-bond acceptors (Lipinski definition) is 0. The van der Waals surface area contributed by atoms with Crippen LogP contribution >= 0.6 is 0 Å². The van der Waals surface area contributed by atoms with Crippen molar-refractivity contribution in [3.63, 3.8) is 0 Å². The summed E-state index contributed by atoms with van der Waals surface area (Å²) in [5, 5.41) is 0. The van der Waals surface area contributed by atoms with E-state index in [4.69, 9.17) is 0 Å². The van der Waals surface area contributed by atoms with Crippen molar-refractivity contribution < 1.29 is 22.0 Å². The first-order valence-corrected chi connectivity index (χ1v) is 9.14. The van der Waals surface area contributed by atoms with E-state index < -0.39 is 29.1 Å². The van der Waals surface area contributed by atoms with Gasteiger partial charge >= 0.3 is 0 Å². The van der Waals surface area contributed by atoms with Crippen LogP contribution in [0.3, 0.4) is 0 Å². The Balaban J connectivity index is 1.92. The molecule has 0 nitrogen and oxygen atoms in total. The van der Waals surface area contributed by atoms with Gasteiger partial charge in [0.05, 0.1) is 0 Å². The van der Waals surface area contributed by atoms with Gasteiger partial charge in [-0.15, -0.1) is 0 Å². The summed E-state index contributed by atoms with van der Waals surface area (Å²) in [6, 6.07) is 11.0. The zero-order valence-electron chi connectivity index (χ0n) is 15.3. The molecular weight excluding hydrogens is 371 g/mol. The van der Waals surface area contributed by atoms with Crippen molar-refractivity contribution >= 4 is 0 Å². The largest absolute Gasteiger partial charge is 0.204 e. The quantitative estimate of drug-likeness (QED) is 0.233. The topological polar surface area (TPSA) is 0 Å². The molecule has 0 bridgehead atoms. The highest BCUT2D eigenvalue weighted by Gasteiger charge is 2.19. The molecule has 0 saturated carbocycles. The van der Waals surface area contributed by atoms with Gasteiger partial charge in [0.2, 0.25) is 0 Å². The highest BCUT2D eigenvalue weighted by atomic mass is 19.2. The van der Waals surface area contributed by atoms with Crippen LogP contribution in [0, 0.1) is 29.1 Å². The van der Waals surface area contributed by atoms with Gasteiger partial charge in [-0.1, -0.05) is 56.2 Å². The molecule has 0 aliphatic carbocycles. The number of aryl methyl sites for hydroxylation is 1. The van der Waals surface area contributed by atoms with Gasteiger partial charge in [-0.25, -0.2) is 22.0 Å². The molecule has 0 spiro atoms. The molecule has 3 aromatic rings.